The first-order chi connectivity index (χ1) is 12.0. The molecule has 0 atom stereocenters. The maximum atomic E-state index is 11.8. The number of nitrogens with zero attached hydrogens (tertiary/aromatic N) is 4. The number of aliphatic imine (C=N–C) groups is 1. The van der Waals surface area contributed by atoms with Gasteiger partial charge >= 0.3 is 0 Å². The lowest BCUT2D eigenvalue weighted by molar-refractivity contribution is 0.379. The van der Waals surface area contributed by atoms with Crippen molar-refractivity contribution in [3.8, 4) is 0 Å². The maximum absolute atomic E-state index is 11.8. The molecule has 26 heavy (non-hydrogen) atoms. The van der Waals surface area contributed by atoms with Gasteiger partial charge in [0.25, 0.3) is 0 Å². The van der Waals surface area contributed by atoms with E-state index in [0.29, 0.717) is 32.0 Å². The Bertz CT molecular complexity index is 721. The molecule has 0 radical (unpaired) electrons. The standard InChI is InChI=1S/C16H24ClN5O2S.HI/c17-14-2-4-15(5-3-14)20-9-11-21(12-10-20)16(18)19-6-8-22-7-1-13-25(22,23)24;/h2-5H,1,6-13H2,(H2,18,19);1H. The largest absolute Gasteiger partial charge is 0.370 e. The molecule has 1 aromatic rings. The Hall–Kier alpha value is -0.780. The van der Waals surface area contributed by atoms with Gasteiger partial charge in [-0.1, -0.05) is 11.6 Å². The average Bonchev–Trinajstić information content (AvgIpc) is 2.94. The molecule has 0 spiro atoms. The second-order valence-electron chi connectivity index (χ2n) is 6.26. The maximum Gasteiger partial charge on any atom is 0.214 e. The zero-order valence-electron chi connectivity index (χ0n) is 14.6. The zero-order chi connectivity index (χ0) is 17.9. The highest BCUT2D eigenvalue weighted by Gasteiger charge is 2.27. The van der Waals surface area contributed by atoms with Crippen LogP contribution in [0.5, 0.6) is 0 Å². The minimum atomic E-state index is -3.06. The van der Waals surface area contributed by atoms with E-state index < -0.39 is 10.0 Å². The lowest BCUT2D eigenvalue weighted by atomic mass is 10.2. The Morgan fingerprint density at radius 2 is 1.77 bits per heavy atom. The Balaban J connectivity index is 0.00000243. The fraction of sp³-hybridized carbons (Fsp3) is 0.562. The lowest BCUT2D eigenvalue weighted by Crippen LogP contribution is -2.51. The molecule has 0 aliphatic carbocycles. The summed E-state index contributed by atoms with van der Waals surface area (Å²) in [4.78, 5) is 8.70. The van der Waals surface area contributed by atoms with Crippen LogP contribution in [0.15, 0.2) is 29.3 Å². The summed E-state index contributed by atoms with van der Waals surface area (Å²) >= 11 is 5.93. The molecule has 0 unspecified atom stereocenters. The Kier molecular flexibility index (Phi) is 7.80. The molecule has 1 aromatic carbocycles. The minimum Gasteiger partial charge on any atom is -0.370 e. The third kappa shape index (κ3) is 5.37. The second-order valence-corrected chi connectivity index (χ2v) is 8.78. The monoisotopic (exact) mass is 513 g/mol. The van der Waals surface area contributed by atoms with Crippen molar-refractivity contribution < 1.29 is 8.42 Å². The Morgan fingerprint density at radius 1 is 1.12 bits per heavy atom. The first-order valence-corrected chi connectivity index (χ1v) is 10.5. The van der Waals surface area contributed by atoms with Crippen molar-refractivity contribution in [2.75, 3.05) is 56.5 Å². The van der Waals surface area contributed by atoms with Gasteiger partial charge in [-0.3, -0.25) is 4.99 Å². The van der Waals surface area contributed by atoms with Crippen LogP contribution in [0.4, 0.5) is 5.69 Å². The Morgan fingerprint density at radius 3 is 2.35 bits per heavy atom. The van der Waals surface area contributed by atoms with Gasteiger partial charge in [-0.15, -0.1) is 24.0 Å². The highest BCUT2D eigenvalue weighted by molar-refractivity contribution is 14.0. The summed E-state index contributed by atoms with van der Waals surface area (Å²) in [5, 5.41) is 0.735. The summed E-state index contributed by atoms with van der Waals surface area (Å²) in [6, 6.07) is 7.83. The molecule has 0 aromatic heterocycles. The molecule has 7 nitrogen and oxygen atoms in total. The number of benzene rings is 1. The van der Waals surface area contributed by atoms with Gasteiger partial charge in [0.2, 0.25) is 10.0 Å². The van der Waals surface area contributed by atoms with E-state index in [0.717, 1.165) is 36.9 Å². The molecule has 0 amide bonds. The number of piperazine rings is 1. The number of sulfonamides is 1. The molecule has 2 saturated heterocycles. The molecule has 2 aliphatic heterocycles. The lowest BCUT2D eigenvalue weighted by Gasteiger charge is -2.36. The van der Waals surface area contributed by atoms with E-state index in [-0.39, 0.29) is 29.7 Å². The van der Waals surface area contributed by atoms with Crippen LogP contribution in [-0.2, 0) is 10.0 Å². The number of hydrogen-bond acceptors (Lipinski definition) is 4. The van der Waals surface area contributed by atoms with Crippen LogP contribution in [0.2, 0.25) is 5.02 Å². The van der Waals surface area contributed by atoms with E-state index in [4.69, 9.17) is 17.3 Å². The van der Waals surface area contributed by atoms with Crippen LogP contribution in [0.25, 0.3) is 0 Å². The van der Waals surface area contributed by atoms with Gasteiger partial charge in [-0.05, 0) is 30.7 Å². The van der Waals surface area contributed by atoms with E-state index in [1.54, 1.807) is 0 Å². The molecule has 146 valence electrons. The van der Waals surface area contributed by atoms with E-state index in [9.17, 15) is 8.42 Å². The predicted octanol–water partition coefficient (Wildman–Crippen LogP) is 1.43. The highest BCUT2D eigenvalue weighted by atomic mass is 127. The fourth-order valence-corrected chi connectivity index (χ4v) is 4.81. The van der Waals surface area contributed by atoms with E-state index in [1.165, 1.54) is 4.31 Å². The van der Waals surface area contributed by atoms with Gasteiger partial charge in [-0.25, -0.2) is 12.7 Å². The van der Waals surface area contributed by atoms with Crippen LogP contribution in [-0.4, -0.2) is 75.1 Å². The fourth-order valence-electron chi connectivity index (χ4n) is 3.16. The topological polar surface area (TPSA) is 82.2 Å². The first-order valence-electron chi connectivity index (χ1n) is 8.49. The van der Waals surface area contributed by atoms with E-state index in [2.05, 4.69) is 9.89 Å². The summed E-state index contributed by atoms with van der Waals surface area (Å²) in [5.41, 5.74) is 7.23. The molecule has 2 N–H and O–H groups in total. The molecule has 3 rings (SSSR count). The summed E-state index contributed by atoms with van der Waals surface area (Å²) in [5.74, 6) is 0.742. The van der Waals surface area contributed by atoms with Crippen molar-refractivity contribution in [3.05, 3.63) is 29.3 Å². The number of halogens is 2. The van der Waals surface area contributed by atoms with Crippen molar-refractivity contribution in [1.29, 1.82) is 0 Å². The third-order valence-corrected chi connectivity index (χ3v) is 6.83. The quantitative estimate of drug-likeness (QED) is 0.374. The number of nitrogens with two attached hydrogens (primary N) is 1. The molecular formula is C16H25ClIN5O2S. The summed E-state index contributed by atoms with van der Waals surface area (Å²) in [6.07, 6.45) is 0.703. The van der Waals surface area contributed by atoms with Gasteiger partial charge in [0.05, 0.1) is 12.3 Å². The van der Waals surface area contributed by atoms with Crippen LogP contribution in [0.1, 0.15) is 6.42 Å². The van der Waals surface area contributed by atoms with Crippen molar-refractivity contribution in [1.82, 2.24) is 9.21 Å². The van der Waals surface area contributed by atoms with Gasteiger partial charge in [0.15, 0.2) is 5.96 Å². The first kappa shape index (κ1) is 21.5. The SMILES string of the molecule is I.NC(=NCCN1CCCS1(=O)=O)N1CCN(c2ccc(Cl)cc2)CC1. The van der Waals surface area contributed by atoms with E-state index in [1.807, 2.05) is 29.2 Å². The number of anilines is 1. The third-order valence-electron chi connectivity index (χ3n) is 4.62. The van der Waals surface area contributed by atoms with Crippen LogP contribution < -0.4 is 10.6 Å². The van der Waals surface area contributed by atoms with Gasteiger partial charge in [-0.2, -0.15) is 0 Å². The van der Waals surface area contributed by atoms with Crippen LogP contribution >= 0.6 is 35.6 Å². The van der Waals surface area contributed by atoms with Gasteiger partial charge < -0.3 is 15.5 Å². The summed E-state index contributed by atoms with van der Waals surface area (Å²) < 4.78 is 25.0. The normalized spacial score (nSPS) is 20.9. The number of guanidine groups is 1. The zero-order valence-corrected chi connectivity index (χ0v) is 18.5. The molecule has 2 heterocycles. The predicted molar refractivity (Wildman–Crippen MR) is 117 cm³/mol. The van der Waals surface area contributed by atoms with Crippen LogP contribution in [0.3, 0.4) is 0 Å². The minimum absolute atomic E-state index is 0. The Labute approximate surface area is 177 Å². The number of hydrogen-bond donors (Lipinski definition) is 1. The van der Waals surface area contributed by atoms with Gasteiger partial charge in [0, 0.05) is 50.0 Å². The average molecular weight is 514 g/mol. The molecular weight excluding hydrogens is 489 g/mol. The van der Waals surface area contributed by atoms with Crippen molar-refractivity contribution >= 4 is 57.2 Å². The molecule has 0 bridgehead atoms. The number of rotatable bonds is 4. The highest BCUT2D eigenvalue weighted by Crippen LogP contribution is 2.19. The van der Waals surface area contributed by atoms with Crippen LogP contribution in [0, 0.1) is 0 Å². The molecule has 10 heteroatoms. The summed E-state index contributed by atoms with van der Waals surface area (Å²) in [6.45, 7) is 4.71. The second kappa shape index (κ2) is 9.43. The molecule has 2 aliphatic rings. The molecule has 2 fully saturated rings. The van der Waals surface area contributed by atoms with E-state index >= 15 is 0 Å². The van der Waals surface area contributed by atoms with Crippen molar-refractivity contribution in [3.63, 3.8) is 0 Å². The smallest absolute Gasteiger partial charge is 0.214 e. The van der Waals surface area contributed by atoms with Crippen molar-refractivity contribution in [2.45, 2.75) is 6.42 Å². The summed E-state index contributed by atoms with van der Waals surface area (Å²) in [7, 11) is -3.06. The molecule has 0 saturated carbocycles. The van der Waals surface area contributed by atoms with Gasteiger partial charge in [0.1, 0.15) is 0 Å². The van der Waals surface area contributed by atoms with Crippen molar-refractivity contribution in [2.24, 2.45) is 10.7 Å².